The fraction of sp³-hybridized carbons (Fsp3) is 0.0556. The molecule has 0 fully saturated rings. The standard InChI is InChI=1S/C18H12ClN3O2S/c1-24-14-8-3-2-5-11(14)10-15-17(23)22-18(25-15)20-16(21-22)12-6-4-7-13(19)9-12/h2-10H,1H3/b15-10+. The van der Waals surface area contributed by atoms with Crippen LogP contribution in [0.15, 0.2) is 53.3 Å². The van der Waals surface area contributed by atoms with Crippen molar-refractivity contribution in [3.63, 3.8) is 0 Å². The highest BCUT2D eigenvalue weighted by Crippen LogP contribution is 2.21. The van der Waals surface area contributed by atoms with Gasteiger partial charge < -0.3 is 4.74 Å². The first-order valence-electron chi connectivity index (χ1n) is 7.46. The predicted octanol–water partition coefficient (Wildman–Crippen LogP) is 3.03. The van der Waals surface area contributed by atoms with Crippen LogP contribution in [-0.2, 0) is 0 Å². The summed E-state index contributed by atoms with van der Waals surface area (Å²) in [4.78, 5) is 17.6. The van der Waals surface area contributed by atoms with Gasteiger partial charge in [0.2, 0.25) is 4.96 Å². The molecule has 2 aromatic carbocycles. The van der Waals surface area contributed by atoms with Crippen molar-refractivity contribution >= 4 is 34.0 Å². The molecule has 0 saturated carbocycles. The van der Waals surface area contributed by atoms with Crippen molar-refractivity contribution in [3.8, 4) is 17.1 Å². The van der Waals surface area contributed by atoms with Gasteiger partial charge >= 0.3 is 0 Å². The fourth-order valence-corrected chi connectivity index (χ4v) is 3.60. The zero-order chi connectivity index (χ0) is 17.4. The summed E-state index contributed by atoms with van der Waals surface area (Å²) < 4.78 is 7.20. The number of aromatic nitrogens is 3. The Kier molecular flexibility index (Phi) is 3.99. The van der Waals surface area contributed by atoms with E-state index in [1.54, 1.807) is 25.3 Å². The molecule has 0 amide bonds. The zero-order valence-electron chi connectivity index (χ0n) is 13.1. The average molecular weight is 370 g/mol. The van der Waals surface area contributed by atoms with Gasteiger partial charge in [-0.2, -0.15) is 9.50 Å². The van der Waals surface area contributed by atoms with Gasteiger partial charge in [0.05, 0.1) is 11.6 Å². The molecule has 0 atom stereocenters. The van der Waals surface area contributed by atoms with E-state index in [4.69, 9.17) is 16.3 Å². The molecule has 0 saturated heterocycles. The van der Waals surface area contributed by atoms with Crippen LogP contribution in [0.5, 0.6) is 5.75 Å². The third kappa shape index (κ3) is 2.90. The fourth-order valence-electron chi connectivity index (χ4n) is 2.51. The molecule has 25 heavy (non-hydrogen) atoms. The Hall–Kier alpha value is -2.70. The van der Waals surface area contributed by atoms with E-state index in [1.165, 1.54) is 15.9 Å². The van der Waals surface area contributed by atoms with E-state index in [0.29, 0.717) is 26.1 Å². The van der Waals surface area contributed by atoms with Crippen LogP contribution in [0.4, 0.5) is 0 Å². The Bertz CT molecular complexity index is 1180. The van der Waals surface area contributed by atoms with Gasteiger partial charge in [0.25, 0.3) is 5.56 Å². The van der Waals surface area contributed by atoms with E-state index in [0.717, 1.165) is 11.1 Å². The molecule has 5 nitrogen and oxygen atoms in total. The second-order valence-electron chi connectivity index (χ2n) is 5.30. The van der Waals surface area contributed by atoms with Gasteiger partial charge in [-0.3, -0.25) is 4.79 Å². The molecule has 0 aliphatic carbocycles. The number of para-hydroxylation sites is 1. The average Bonchev–Trinajstić information content (AvgIpc) is 3.16. The second kappa shape index (κ2) is 6.31. The number of ether oxygens (including phenoxy) is 1. The summed E-state index contributed by atoms with van der Waals surface area (Å²) in [5.41, 5.74) is 1.41. The minimum Gasteiger partial charge on any atom is -0.496 e. The molecule has 124 valence electrons. The number of fused-ring (bicyclic) bond motifs is 1. The predicted molar refractivity (Wildman–Crippen MR) is 99.4 cm³/mol. The topological polar surface area (TPSA) is 56.5 Å². The van der Waals surface area contributed by atoms with E-state index >= 15 is 0 Å². The van der Waals surface area contributed by atoms with Gasteiger partial charge in [-0.1, -0.05) is 53.3 Å². The van der Waals surface area contributed by atoms with Gasteiger partial charge in [-0.25, -0.2) is 0 Å². The lowest BCUT2D eigenvalue weighted by molar-refractivity contribution is 0.414. The largest absolute Gasteiger partial charge is 0.496 e. The van der Waals surface area contributed by atoms with Crippen molar-refractivity contribution < 1.29 is 4.74 Å². The third-order valence-corrected chi connectivity index (χ3v) is 4.88. The maximum absolute atomic E-state index is 12.6. The molecule has 4 rings (SSSR count). The number of methoxy groups -OCH3 is 1. The molecule has 0 aliphatic rings. The van der Waals surface area contributed by atoms with E-state index in [2.05, 4.69) is 10.1 Å². The van der Waals surface area contributed by atoms with Crippen molar-refractivity contribution in [2.45, 2.75) is 0 Å². The van der Waals surface area contributed by atoms with Crippen molar-refractivity contribution in [1.29, 1.82) is 0 Å². The number of nitrogens with zero attached hydrogens (tertiary/aromatic N) is 3. The van der Waals surface area contributed by atoms with Crippen LogP contribution in [0.3, 0.4) is 0 Å². The number of hydrogen-bond donors (Lipinski definition) is 0. The summed E-state index contributed by atoms with van der Waals surface area (Å²) in [6, 6.07) is 14.8. The third-order valence-electron chi connectivity index (χ3n) is 3.69. The Balaban J connectivity index is 1.84. The summed E-state index contributed by atoms with van der Waals surface area (Å²) in [5, 5.41) is 4.92. The van der Waals surface area contributed by atoms with Crippen molar-refractivity contribution in [3.05, 3.63) is 74.0 Å². The Labute approximate surface area is 151 Å². The van der Waals surface area contributed by atoms with Gasteiger partial charge in [0, 0.05) is 16.1 Å². The van der Waals surface area contributed by atoms with E-state index < -0.39 is 0 Å². The number of halogens is 1. The maximum atomic E-state index is 12.6. The van der Waals surface area contributed by atoms with Crippen LogP contribution in [0.2, 0.25) is 5.02 Å². The highest BCUT2D eigenvalue weighted by molar-refractivity contribution is 7.15. The van der Waals surface area contributed by atoms with Crippen molar-refractivity contribution in [1.82, 2.24) is 14.6 Å². The van der Waals surface area contributed by atoms with Crippen molar-refractivity contribution in [2.24, 2.45) is 0 Å². The molecule has 4 aromatic rings. The van der Waals surface area contributed by atoms with Crippen LogP contribution < -0.4 is 14.8 Å². The number of thiazole rings is 1. The Morgan fingerprint density at radius 2 is 2.04 bits per heavy atom. The van der Waals surface area contributed by atoms with Gasteiger partial charge in [-0.15, -0.1) is 5.10 Å². The molecule has 0 radical (unpaired) electrons. The molecule has 0 unspecified atom stereocenters. The summed E-state index contributed by atoms with van der Waals surface area (Å²) in [5.74, 6) is 1.19. The van der Waals surface area contributed by atoms with E-state index in [-0.39, 0.29) is 5.56 Å². The molecule has 0 aliphatic heterocycles. The highest BCUT2D eigenvalue weighted by atomic mass is 35.5. The van der Waals surface area contributed by atoms with E-state index in [1.807, 2.05) is 36.4 Å². The lowest BCUT2D eigenvalue weighted by Crippen LogP contribution is -2.23. The van der Waals surface area contributed by atoms with Gasteiger partial charge in [0.15, 0.2) is 5.82 Å². The number of rotatable bonds is 3. The van der Waals surface area contributed by atoms with Crippen LogP contribution in [-0.4, -0.2) is 21.7 Å². The quantitative estimate of drug-likeness (QED) is 0.557. The molecule has 0 bridgehead atoms. The number of hydrogen-bond acceptors (Lipinski definition) is 5. The molecule has 7 heteroatoms. The smallest absolute Gasteiger partial charge is 0.291 e. The highest BCUT2D eigenvalue weighted by Gasteiger charge is 2.12. The van der Waals surface area contributed by atoms with Gasteiger partial charge in [0.1, 0.15) is 5.75 Å². The Morgan fingerprint density at radius 3 is 2.80 bits per heavy atom. The lowest BCUT2D eigenvalue weighted by atomic mass is 10.2. The van der Waals surface area contributed by atoms with Crippen molar-refractivity contribution in [2.75, 3.05) is 7.11 Å². The zero-order valence-corrected chi connectivity index (χ0v) is 14.7. The minimum absolute atomic E-state index is 0.202. The molecule has 0 spiro atoms. The van der Waals surface area contributed by atoms with Crippen LogP contribution in [0.1, 0.15) is 5.56 Å². The Morgan fingerprint density at radius 1 is 1.20 bits per heavy atom. The van der Waals surface area contributed by atoms with Crippen LogP contribution >= 0.6 is 22.9 Å². The maximum Gasteiger partial charge on any atom is 0.291 e. The first-order valence-corrected chi connectivity index (χ1v) is 8.65. The first kappa shape index (κ1) is 15.8. The van der Waals surface area contributed by atoms with E-state index in [9.17, 15) is 4.79 Å². The lowest BCUT2D eigenvalue weighted by Gasteiger charge is -2.02. The number of benzene rings is 2. The first-order chi connectivity index (χ1) is 12.2. The summed E-state index contributed by atoms with van der Waals surface area (Å²) in [6.07, 6.45) is 1.79. The SMILES string of the molecule is COc1ccccc1/C=c1/sc2nc(-c3cccc(Cl)c3)nn2c1=O. The molecule has 0 N–H and O–H groups in total. The summed E-state index contributed by atoms with van der Waals surface area (Å²) in [7, 11) is 1.60. The van der Waals surface area contributed by atoms with Crippen LogP contribution in [0.25, 0.3) is 22.4 Å². The minimum atomic E-state index is -0.202. The molecular weight excluding hydrogens is 358 g/mol. The normalized spacial score (nSPS) is 12.0. The molecule has 2 heterocycles. The molecule has 2 aromatic heterocycles. The second-order valence-corrected chi connectivity index (χ2v) is 6.74. The summed E-state index contributed by atoms with van der Waals surface area (Å²) in [6.45, 7) is 0. The van der Waals surface area contributed by atoms with Gasteiger partial charge in [-0.05, 0) is 24.3 Å². The summed E-state index contributed by atoms with van der Waals surface area (Å²) >= 11 is 7.29. The monoisotopic (exact) mass is 369 g/mol. The van der Waals surface area contributed by atoms with Crippen LogP contribution in [0, 0.1) is 0 Å². The molecular formula is C18H12ClN3O2S.